The number of anilines is 1. The number of carbonyl (C=O) groups excluding carboxylic acids is 1. The number of nitriles is 1. The number of rotatable bonds is 2. The van der Waals surface area contributed by atoms with Crippen molar-refractivity contribution in [3.05, 3.63) is 29.3 Å². The first-order valence-electron chi connectivity index (χ1n) is 6.52. The van der Waals surface area contributed by atoms with Crippen LogP contribution in [-0.2, 0) is 15.8 Å². The van der Waals surface area contributed by atoms with Gasteiger partial charge in [-0.25, -0.2) is 0 Å². The van der Waals surface area contributed by atoms with Crippen LogP contribution in [0.2, 0.25) is 0 Å². The van der Waals surface area contributed by atoms with E-state index in [4.69, 9.17) is 10.1 Å². The smallest absolute Gasteiger partial charge is 0.324 e. The van der Waals surface area contributed by atoms with E-state index < -0.39 is 28.8 Å². The van der Waals surface area contributed by atoms with Gasteiger partial charge < -0.3 is 5.32 Å². The van der Waals surface area contributed by atoms with Crippen molar-refractivity contribution in [1.82, 2.24) is 5.48 Å². The lowest BCUT2D eigenvalue weighted by Gasteiger charge is -2.21. The molecule has 1 amide bonds. The second kappa shape index (κ2) is 5.59. The predicted octanol–water partition coefficient (Wildman–Crippen LogP) is 2.59. The van der Waals surface area contributed by atoms with Gasteiger partial charge in [-0.1, -0.05) is 0 Å². The van der Waals surface area contributed by atoms with E-state index in [-0.39, 0.29) is 11.7 Å². The number of hydrogen-bond donors (Lipinski definition) is 2. The number of nitrogens with one attached hydrogen (secondary N) is 2. The quantitative estimate of drug-likeness (QED) is 0.880. The summed E-state index contributed by atoms with van der Waals surface area (Å²) in [5, 5.41) is 11.1. The molecular formula is C14H14F3N3O2. The fraction of sp³-hybridized carbons (Fsp3) is 0.429. The number of amides is 1. The third kappa shape index (κ3) is 3.21. The van der Waals surface area contributed by atoms with Gasteiger partial charge in [0.05, 0.1) is 17.2 Å². The van der Waals surface area contributed by atoms with E-state index in [2.05, 4.69) is 10.8 Å². The largest absolute Gasteiger partial charge is 0.417 e. The minimum absolute atomic E-state index is 0.0394. The molecular weight excluding hydrogens is 299 g/mol. The molecule has 2 rings (SSSR count). The van der Waals surface area contributed by atoms with E-state index in [9.17, 15) is 18.0 Å². The molecule has 0 radical (unpaired) electrons. The van der Waals surface area contributed by atoms with Crippen LogP contribution in [0.25, 0.3) is 0 Å². The number of carbonyl (C=O) groups is 1. The van der Waals surface area contributed by atoms with E-state index in [1.807, 2.05) is 6.92 Å². The SMILES string of the molecule is CC1CC(C)(C(=O)Nc2ccc(C#N)c(C(F)(F)F)c2)ON1. The van der Waals surface area contributed by atoms with Crippen LogP contribution in [0.3, 0.4) is 0 Å². The van der Waals surface area contributed by atoms with Crippen molar-refractivity contribution in [3.63, 3.8) is 0 Å². The molecule has 1 heterocycles. The van der Waals surface area contributed by atoms with Gasteiger partial charge in [0.1, 0.15) is 0 Å². The van der Waals surface area contributed by atoms with Crippen LogP contribution in [0.1, 0.15) is 31.4 Å². The summed E-state index contributed by atoms with van der Waals surface area (Å²) in [5.74, 6) is -0.554. The van der Waals surface area contributed by atoms with Crippen molar-refractivity contribution in [2.45, 2.75) is 38.1 Å². The number of hydroxylamine groups is 1. The zero-order chi connectivity index (χ0) is 16.5. The molecule has 1 aromatic rings. The summed E-state index contributed by atoms with van der Waals surface area (Å²) in [6.45, 7) is 3.37. The molecule has 2 N–H and O–H groups in total. The molecule has 8 heteroatoms. The van der Waals surface area contributed by atoms with Gasteiger partial charge >= 0.3 is 6.18 Å². The summed E-state index contributed by atoms with van der Waals surface area (Å²) in [6.07, 6.45) is -4.28. The monoisotopic (exact) mass is 313 g/mol. The number of nitrogens with zero attached hydrogens (tertiary/aromatic N) is 1. The molecule has 5 nitrogen and oxygen atoms in total. The Balaban J connectivity index is 2.24. The maximum Gasteiger partial charge on any atom is 0.417 e. The number of alkyl halides is 3. The topological polar surface area (TPSA) is 74.2 Å². The van der Waals surface area contributed by atoms with E-state index in [1.165, 1.54) is 12.1 Å². The van der Waals surface area contributed by atoms with E-state index in [0.717, 1.165) is 12.1 Å². The highest BCUT2D eigenvalue weighted by molar-refractivity contribution is 5.97. The lowest BCUT2D eigenvalue weighted by atomic mass is 9.98. The Morgan fingerprint density at radius 2 is 2.23 bits per heavy atom. The van der Waals surface area contributed by atoms with Crippen LogP contribution in [-0.4, -0.2) is 17.6 Å². The molecule has 1 saturated heterocycles. The Morgan fingerprint density at radius 1 is 1.55 bits per heavy atom. The predicted molar refractivity (Wildman–Crippen MR) is 71.5 cm³/mol. The van der Waals surface area contributed by atoms with Gasteiger partial charge in [-0.15, -0.1) is 0 Å². The zero-order valence-electron chi connectivity index (χ0n) is 11.9. The van der Waals surface area contributed by atoms with Crippen molar-refractivity contribution in [3.8, 4) is 6.07 Å². The van der Waals surface area contributed by atoms with Crippen LogP contribution in [0.4, 0.5) is 18.9 Å². The summed E-state index contributed by atoms with van der Waals surface area (Å²) in [5.41, 5.74) is -0.138. The number of hydrogen-bond acceptors (Lipinski definition) is 4. The number of benzene rings is 1. The van der Waals surface area contributed by atoms with Crippen molar-refractivity contribution < 1.29 is 22.8 Å². The van der Waals surface area contributed by atoms with Crippen molar-refractivity contribution in [2.75, 3.05) is 5.32 Å². The molecule has 22 heavy (non-hydrogen) atoms. The van der Waals surface area contributed by atoms with Gasteiger partial charge in [0.25, 0.3) is 5.91 Å². The van der Waals surface area contributed by atoms with E-state index in [1.54, 1.807) is 6.92 Å². The Kier molecular flexibility index (Phi) is 4.13. The summed E-state index contributed by atoms with van der Waals surface area (Å²) in [4.78, 5) is 17.4. The van der Waals surface area contributed by atoms with Crippen LogP contribution < -0.4 is 10.8 Å². The highest BCUT2D eigenvalue weighted by Crippen LogP contribution is 2.34. The first-order valence-corrected chi connectivity index (χ1v) is 6.52. The summed E-state index contributed by atoms with van der Waals surface area (Å²) < 4.78 is 38.6. The lowest BCUT2D eigenvalue weighted by Crippen LogP contribution is -2.40. The second-order valence-corrected chi connectivity index (χ2v) is 5.38. The van der Waals surface area contributed by atoms with Crippen LogP contribution >= 0.6 is 0 Å². The number of halogens is 3. The van der Waals surface area contributed by atoms with Gasteiger partial charge in [0, 0.05) is 18.2 Å². The molecule has 0 bridgehead atoms. The Hall–Kier alpha value is -2.11. The van der Waals surface area contributed by atoms with E-state index in [0.29, 0.717) is 6.42 Å². The maximum absolute atomic E-state index is 12.9. The van der Waals surface area contributed by atoms with Crippen LogP contribution in [0.5, 0.6) is 0 Å². The normalized spacial score (nSPS) is 24.8. The van der Waals surface area contributed by atoms with Gasteiger partial charge in [-0.05, 0) is 32.0 Å². The molecule has 0 spiro atoms. The maximum atomic E-state index is 12.9. The van der Waals surface area contributed by atoms with Crippen molar-refractivity contribution in [1.29, 1.82) is 5.26 Å². The molecule has 2 atom stereocenters. The zero-order valence-corrected chi connectivity index (χ0v) is 11.9. The van der Waals surface area contributed by atoms with Crippen molar-refractivity contribution in [2.24, 2.45) is 0 Å². The van der Waals surface area contributed by atoms with Gasteiger partial charge in [-0.2, -0.15) is 23.9 Å². The van der Waals surface area contributed by atoms with Gasteiger partial charge in [0.2, 0.25) is 0 Å². The summed E-state index contributed by atoms with van der Waals surface area (Å²) >= 11 is 0. The lowest BCUT2D eigenvalue weighted by molar-refractivity contribution is -0.140. The third-order valence-corrected chi connectivity index (χ3v) is 3.36. The molecule has 118 valence electrons. The molecule has 1 aliphatic heterocycles. The molecule has 1 fully saturated rings. The van der Waals surface area contributed by atoms with E-state index >= 15 is 0 Å². The van der Waals surface area contributed by atoms with Crippen LogP contribution in [0.15, 0.2) is 18.2 Å². The first-order chi connectivity index (χ1) is 10.2. The van der Waals surface area contributed by atoms with Gasteiger partial charge in [0.15, 0.2) is 5.60 Å². The molecule has 1 aromatic carbocycles. The second-order valence-electron chi connectivity index (χ2n) is 5.38. The average molecular weight is 313 g/mol. The Morgan fingerprint density at radius 3 is 2.73 bits per heavy atom. The third-order valence-electron chi connectivity index (χ3n) is 3.36. The molecule has 1 aliphatic rings. The minimum atomic E-state index is -4.67. The fourth-order valence-electron chi connectivity index (χ4n) is 2.25. The van der Waals surface area contributed by atoms with Crippen LogP contribution in [0, 0.1) is 11.3 Å². The highest BCUT2D eigenvalue weighted by atomic mass is 19.4. The molecule has 0 saturated carbocycles. The molecule has 0 aliphatic carbocycles. The average Bonchev–Trinajstić information content (AvgIpc) is 2.79. The fourth-order valence-corrected chi connectivity index (χ4v) is 2.25. The van der Waals surface area contributed by atoms with Crippen molar-refractivity contribution >= 4 is 11.6 Å². The van der Waals surface area contributed by atoms with Gasteiger partial charge in [-0.3, -0.25) is 9.63 Å². The highest BCUT2D eigenvalue weighted by Gasteiger charge is 2.42. The molecule has 2 unspecified atom stereocenters. The summed E-state index contributed by atoms with van der Waals surface area (Å²) in [7, 11) is 0. The summed E-state index contributed by atoms with van der Waals surface area (Å²) in [6, 6.07) is 4.46. The standard InChI is InChI=1S/C14H14F3N3O2/c1-8-6-13(2,22-20-8)12(21)19-10-4-3-9(7-18)11(5-10)14(15,16)17/h3-5,8,20H,6H2,1-2H3,(H,19,21). The Labute approximate surface area is 125 Å². The first kappa shape index (κ1) is 16.3. The Bertz CT molecular complexity index is 639. The minimum Gasteiger partial charge on any atom is -0.324 e. The molecule has 0 aromatic heterocycles.